The predicted octanol–water partition coefficient (Wildman–Crippen LogP) is 3.14. The summed E-state index contributed by atoms with van der Waals surface area (Å²) in [6.07, 6.45) is 4.03. The lowest BCUT2D eigenvalue weighted by Crippen LogP contribution is -2.37. The van der Waals surface area contributed by atoms with Crippen LogP contribution in [0.4, 0.5) is 0 Å². The van der Waals surface area contributed by atoms with Crippen LogP contribution in [0.1, 0.15) is 28.2 Å². The second kappa shape index (κ2) is 6.12. The van der Waals surface area contributed by atoms with E-state index in [-0.39, 0.29) is 18.3 Å². The molecule has 4 heteroatoms. The van der Waals surface area contributed by atoms with Gasteiger partial charge in [0, 0.05) is 5.92 Å². The van der Waals surface area contributed by atoms with Gasteiger partial charge in [0.15, 0.2) is 0 Å². The Hall–Kier alpha value is -2.10. The fraction of sp³-hybridized carbons (Fsp3) is 0.118. The Morgan fingerprint density at radius 2 is 1.38 bits per heavy atom. The Balaban J connectivity index is 0.00000161. The molecule has 1 atom stereocenters. The molecule has 108 valence electrons. The largest absolute Gasteiger partial charge is 0.480 e. The zero-order valence-corrected chi connectivity index (χ0v) is 12.1. The van der Waals surface area contributed by atoms with Crippen molar-refractivity contribution in [2.24, 2.45) is 5.73 Å². The first-order valence-corrected chi connectivity index (χ1v) is 6.53. The van der Waals surface area contributed by atoms with Gasteiger partial charge in [-0.2, -0.15) is 0 Å². The van der Waals surface area contributed by atoms with E-state index >= 15 is 0 Å². The lowest BCUT2D eigenvalue weighted by Gasteiger charge is -2.23. The maximum absolute atomic E-state index is 11.4. The molecule has 0 aliphatic heterocycles. The van der Waals surface area contributed by atoms with Crippen LogP contribution in [-0.4, -0.2) is 17.1 Å². The molecule has 0 radical (unpaired) electrons. The molecule has 2 aromatic carbocycles. The van der Waals surface area contributed by atoms with Gasteiger partial charge in [-0.05, 0) is 22.3 Å². The molecule has 2 aromatic rings. The fourth-order valence-electron chi connectivity index (χ4n) is 2.77. The number of fused-ring (bicyclic) bond motifs is 2. The summed E-state index contributed by atoms with van der Waals surface area (Å²) in [5.41, 5.74) is 9.92. The van der Waals surface area contributed by atoms with E-state index in [4.69, 9.17) is 5.73 Å². The molecule has 0 spiro atoms. The van der Waals surface area contributed by atoms with Gasteiger partial charge in [-0.3, -0.25) is 4.79 Å². The molecular formula is C17H16ClNO2. The van der Waals surface area contributed by atoms with Crippen molar-refractivity contribution in [2.45, 2.75) is 12.0 Å². The third-order valence-corrected chi connectivity index (χ3v) is 3.75. The first kappa shape index (κ1) is 15.3. The summed E-state index contributed by atoms with van der Waals surface area (Å²) in [6.45, 7) is 0. The molecule has 0 aromatic heterocycles. The second-order valence-electron chi connectivity index (χ2n) is 4.93. The van der Waals surface area contributed by atoms with Gasteiger partial charge < -0.3 is 10.8 Å². The average molecular weight is 302 g/mol. The second-order valence-corrected chi connectivity index (χ2v) is 4.93. The van der Waals surface area contributed by atoms with Crippen LogP contribution in [0.15, 0.2) is 48.5 Å². The Bertz CT molecular complexity index is 647. The van der Waals surface area contributed by atoms with E-state index in [9.17, 15) is 9.90 Å². The minimum atomic E-state index is -0.985. The van der Waals surface area contributed by atoms with Crippen LogP contribution in [0.25, 0.3) is 12.2 Å². The van der Waals surface area contributed by atoms with Gasteiger partial charge in [-0.1, -0.05) is 60.7 Å². The van der Waals surface area contributed by atoms with Gasteiger partial charge in [0.25, 0.3) is 0 Å². The number of halogens is 1. The highest BCUT2D eigenvalue weighted by molar-refractivity contribution is 5.85. The van der Waals surface area contributed by atoms with Crippen LogP contribution in [0.2, 0.25) is 0 Å². The maximum Gasteiger partial charge on any atom is 0.321 e. The number of carbonyl (C=O) groups is 1. The van der Waals surface area contributed by atoms with E-state index in [0.29, 0.717) is 0 Å². The van der Waals surface area contributed by atoms with E-state index in [2.05, 4.69) is 0 Å². The van der Waals surface area contributed by atoms with Gasteiger partial charge >= 0.3 is 5.97 Å². The van der Waals surface area contributed by atoms with Gasteiger partial charge in [-0.25, -0.2) is 0 Å². The Kier molecular flexibility index (Phi) is 4.46. The molecule has 21 heavy (non-hydrogen) atoms. The van der Waals surface area contributed by atoms with Crippen LogP contribution in [0.3, 0.4) is 0 Å². The minimum Gasteiger partial charge on any atom is -0.480 e. The van der Waals surface area contributed by atoms with Crippen LogP contribution in [0.5, 0.6) is 0 Å². The normalized spacial score (nSPS) is 14.3. The molecule has 3 rings (SSSR count). The summed E-state index contributed by atoms with van der Waals surface area (Å²) < 4.78 is 0. The first-order chi connectivity index (χ1) is 9.68. The molecule has 0 bridgehead atoms. The summed E-state index contributed by atoms with van der Waals surface area (Å²) in [7, 11) is 0. The highest BCUT2D eigenvalue weighted by Gasteiger charge is 2.30. The van der Waals surface area contributed by atoms with Crippen LogP contribution >= 0.6 is 12.4 Å². The van der Waals surface area contributed by atoms with E-state index in [1.165, 1.54) is 0 Å². The number of nitrogens with two attached hydrogens (primary N) is 1. The zero-order valence-electron chi connectivity index (χ0n) is 11.3. The van der Waals surface area contributed by atoms with E-state index in [1.807, 2.05) is 60.7 Å². The number of hydrogen-bond donors (Lipinski definition) is 2. The third kappa shape index (κ3) is 2.71. The van der Waals surface area contributed by atoms with Crippen molar-refractivity contribution in [2.75, 3.05) is 0 Å². The number of aliphatic carboxylic acids is 1. The summed E-state index contributed by atoms with van der Waals surface area (Å²) in [5.74, 6) is -1.32. The smallest absolute Gasteiger partial charge is 0.321 e. The Morgan fingerprint density at radius 3 is 1.81 bits per heavy atom. The highest BCUT2D eigenvalue weighted by atomic mass is 35.5. The van der Waals surface area contributed by atoms with Gasteiger partial charge in [0.05, 0.1) is 0 Å². The molecule has 1 aliphatic carbocycles. The summed E-state index contributed by atoms with van der Waals surface area (Å²) in [5, 5.41) is 9.33. The van der Waals surface area contributed by atoms with Gasteiger partial charge in [0.2, 0.25) is 0 Å². The molecule has 3 nitrogen and oxygen atoms in total. The monoisotopic (exact) mass is 301 g/mol. The van der Waals surface area contributed by atoms with Crippen molar-refractivity contribution in [3.63, 3.8) is 0 Å². The van der Waals surface area contributed by atoms with Crippen molar-refractivity contribution in [1.29, 1.82) is 0 Å². The quantitative estimate of drug-likeness (QED) is 0.895. The Morgan fingerprint density at radius 1 is 0.952 bits per heavy atom. The molecule has 0 amide bonds. The average Bonchev–Trinajstić information content (AvgIpc) is 2.63. The number of carboxylic acid groups (broad SMARTS) is 1. The number of carboxylic acids is 1. The number of hydrogen-bond acceptors (Lipinski definition) is 2. The minimum absolute atomic E-state index is 0. The maximum atomic E-state index is 11.4. The highest BCUT2D eigenvalue weighted by Crippen LogP contribution is 2.36. The molecule has 0 heterocycles. The van der Waals surface area contributed by atoms with E-state index < -0.39 is 12.0 Å². The van der Waals surface area contributed by atoms with Crippen LogP contribution in [-0.2, 0) is 4.79 Å². The van der Waals surface area contributed by atoms with E-state index in [1.54, 1.807) is 0 Å². The van der Waals surface area contributed by atoms with Crippen molar-refractivity contribution in [3.8, 4) is 0 Å². The van der Waals surface area contributed by atoms with Gasteiger partial charge in [-0.15, -0.1) is 12.4 Å². The standard InChI is InChI=1S/C17H15NO2.ClH/c18-16(17(19)20)15-13-7-3-1-5-11(13)9-10-12-6-2-4-8-14(12)15;/h1-10,15-16H,18H2,(H,19,20);1H/t16-;/m1./s1. The first-order valence-electron chi connectivity index (χ1n) is 6.53. The predicted molar refractivity (Wildman–Crippen MR) is 86.5 cm³/mol. The molecule has 0 saturated heterocycles. The topological polar surface area (TPSA) is 63.3 Å². The molecule has 3 N–H and O–H groups in total. The van der Waals surface area contributed by atoms with Crippen molar-refractivity contribution in [1.82, 2.24) is 0 Å². The zero-order chi connectivity index (χ0) is 14.1. The Labute approximate surface area is 129 Å². The molecular weight excluding hydrogens is 286 g/mol. The van der Waals surface area contributed by atoms with Crippen molar-refractivity contribution in [3.05, 3.63) is 70.8 Å². The summed E-state index contributed by atoms with van der Waals surface area (Å²) >= 11 is 0. The molecule has 1 aliphatic rings. The SMILES string of the molecule is Cl.N[C@@H](C(=O)O)C1c2ccccc2C=Cc2ccccc21. The summed E-state index contributed by atoms with van der Waals surface area (Å²) in [6, 6.07) is 14.6. The third-order valence-electron chi connectivity index (χ3n) is 3.75. The van der Waals surface area contributed by atoms with Crippen molar-refractivity contribution < 1.29 is 9.90 Å². The fourth-order valence-corrected chi connectivity index (χ4v) is 2.77. The van der Waals surface area contributed by atoms with Crippen LogP contribution < -0.4 is 5.73 Å². The lowest BCUT2D eigenvalue weighted by atomic mass is 9.82. The van der Waals surface area contributed by atoms with Gasteiger partial charge in [0.1, 0.15) is 6.04 Å². The number of rotatable bonds is 2. The lowest BCUT2D eigenvalue weighted by molar-refractivity contribution is -0.138. The van der Waals surface area contributed by atoms with Crippen molar-refractivity contribution >= 4 is 30.5 Å². The number of benzene rings is 2. The van der Waals surface area contributed by atoms with Crippen LogP contribution in [0, 0.1) is 0 Å². The molecule has 0 fully saturated rings. The molecule has 0 unspecified atom stereocenters. The van der Waals surface area contributed by atoms with E-state index in [0.717, 1.165) is 22.3 Å². The summed E-state index contributed by atoms with van der Waals surface area (Å²) in [4.78, 5) is 11.4. The molecule has 0 saturated carbocycles.